The van der Waals surface area contributed by atoms with Crippen molar-refractivity contribution in [1.29, 1.82) is 0 Å². The number of aliphatic hydroxyl groups is 3. The molecule has 1 aromatic rings. The third kappa shape index (κ3) is 3.74. The number of carbonyl (C=O) groups is 1. The molecular formula is C15H14Br2O7. The summed E-state index contributed by atoms with van der Waals surface area (Å²) < 4.78 is 16.3. The van der Waals surface area contributed by atoms with Crippen molar-refractivity contribution in [3.8, 4) is 18.1 Å². The second-order valence-corrected chi connectivity index (χ2v) is 6.66. The third-order valence-electron chi connectivity index (χ3n) is 3.40. The Bertz CT molecular complexity index is 649. The molecule has 0 radical (unpaired) electrons. The lowest BCUT2D eigenvalue weighted by molar-refractivity contribution is -0.272. The summed E-state index contributed by atoms with van der Waals surface area (Å²) in [6, 6.07) is 3.22. The van der Waals surface area contributed by atoms with Crippen LogP contribution in [0, 0.1) is 12.3 Å². The first-order valence-corrected chi connectivity index (χ1v) is 8.28. The van der Waals surface area contributed by atoms with E-state index in [1.807, 2.05) is 0 Å². The van der Waals surface area contributed by atoms with E-state index in [0.717, 1.165) is 7.11 Å². The fraction of sp³-hybridized carbons (Fsp3) is 0.400. The van der Waals surface area contributed by atoms with E-state index >= 15 is 0 Å². The quantitative estimate of drug-likeness (QED) is 0.442. The van der Waals surface area contributed by atoms with Crippen molar-refractivity contribution >= 4 is 37.8 Å². The molecule has 1 aromatic carbocycles. The van der Waals surface area contributed by atoms with E-state index in [1.165, 1.54) is 0 Å². The van der Waals surface area contributed by atoms with Gasteiger partial charge in [0.1, 0.15) is 18.3 Å². The second-order valence-electron chi connectivity index (χ2n) is 4.95. The highest BCUT2D eigenvalue weighted by atomic mass is 79.9. The zero-order valence-electron chi connectivity index (χ0n) is 12.3. The molecule has 1 saturated heterocycles. The summed E-state index contributed by atoms with van der Waals surface area (Å²) in [7, 11) is 1.11. The van der Waals surface area contributed by atoms with Crippen LogP contribution in [0.25, 0.3) is 0 Å². The second kappa shape index (κ2) is 7.82. The SMILES string of the molecule is C#Cc1cc(Br)c(OC2OC(C(=O)OC)C(O)C(O)C2O)c(Br)c1. The van der Waals surface area contributed by atoms with Crippen LogP contribution in [-0.2, 0) is 14.3 Å². The molecule has 1 fully saturated rings. The molecule has 0 spiro atoms. The smallest absolute Gasteiger partial charge is 0.337 e. The van der Waals surface area contributed by atoms with Crippen LogP contribution in [0.5, 0.6) is 5.75 Å². The van der Waals surface area contributed by atoms with Gasteiger partial charge in [-0.3, -0.25) is 0 Å². The van der Waals surface area contributed by atoms with Gasteiger partial charge in [-0.15, -0.1) is 6.42 Å². The summed E-state index contributed by atoms with van der Waals surface area (Å²) in [5.74, 6) is 1.80. The number of hydrogen-bond acceptors (Lipinski definition) is 7. The molecule has 1 aliphatic rings. The largest absolute Gasteiger partial charge is 0.467 e. The summed E-state index contributed by atoms with van der Waals surface area (Å²) in [5.41, 5.74) is 0.578. The Morgan fingerprint density at radius 1 is 1.21 bits per heavy atom. The van der Waals surface area contributed by atoms with Crippen molar-refractivity contribution in [3.05, 3.63) is 26.6 Å². The first-order valence-electron chi connectivity index (χ1n) is 6.70. The number of benzene rings is 1. The van der Waals surface area contributed by atoms with Crippen molar-refractivity contribution in [1.82, 2.24) is 0 Å². The number of halogens is 2. The Balaban J connectivity index is 2.28. The Kier molecular flexibility index (Phi) is 6.25. The first-order chi connectivity index (χ1) is 11.3. The maximum Gasteiger partial charge on any atom is 0.337 e. The minimum absolute atomic E-state index is 0.241. The Labute approximate surface area is 154 Å². The number of terminal acetylenes is 1. The van der Waals surface area contributed by atoms with Gasteiger partial charge in [-0.1, -0.05) is 5.92 Å². The molecule has 5 unspecified atom stereocenters. The average Bonchev–Trinajstić information content (AvgIpc) is 2.56. The highest BCUT2D eigenvalue weighted by Crippen LogP contribution is 2.37. The number of methoxy groups -OCH3 is 1. The standard InChI is InChI=1S/C15H14Br2O7/c1-3-6-4-7(16)12(8(17)5-6)23-15-11(20)9(18)10(19)13(24-15)14(21)22-2/h1,4-5,9-11,13,15,18-20H,2H3. The Hall–Kier alpha value is -1.15. The van der Waals surface area contributed by atoms with E-state index in [1.54, 1.807) is 12.1 Å². The summed E-state index contributed by atoms with van der Waals surface area (Å²) in [5, 5.41) is 29.8. The van der Waals surface area contributed by atoms with Crippen LogP contribution in [-0.4, -0.2) is 59.1 Å². The molecule has 2 rings (SSSR count). The minimum atomic E-state index is -1.66. The maximum atomic E-state index is 11.6. The lowest BCUT2D eigenvalue weighted by Gasteiger charge is -2.39. The minimum Gasteiger partial charge on any atom is -0.467 e. The Morgan fingerprint density at radius 2 is 1.79 bits per heavy atom. The molecule has 0 aliphatic carbocycles. The molecule has 24 heavy (non-hydrogen) atoms. The molecule has 0 amide bonds. The highest BCUT2D eigenvalue weighted by molar-refractivity contribution is 9.11. The number of hydrogen-bond donors (Lipinski definition) is 3. The van der Waals surface area contributed by atoms with Gasteiger partial charge in [0.15, 0.2) is 11.9 Å². The van der Waals surface area contributed by atoms with Gasteiger partial charge in [0.05, 0.1) is 16.1 Å². The summed E-state index contributed by atoms with van der Waals surface area (Å²) in [6.07, 6.45) is -2.48. The van der Waals surface area contributed by atoms with Gasteiger partial charge in [-0.2, -0.15) is 0 Å². The van der Waals surface area contributed by atoms with E-state index in [0.29, 0.717) is 14.5 Å². The molecule has 0 saturated carbocycles. The molecule has 130 valence electrons. The first kappa shape index (κ1) is 19.2. The topological polar surface area (TPSA) is 105 Å². The van der Waals surface area contributed by atoms with Crippen molar-refractivity contribution in [2.45, 2.75) is 30.7 Å². The predicted molar refractivity (Wildman–Crippen MR) is 89.1 cm³/mol. The van der Waals surface area contributed by atoms with Gasteiger partial charge in [-0.25, -0.2) is 4.79 Å². The van der Waals surface area contributed by atoms with Crippen molar-refractivity contribution in [3.63, 3.8) is 0 Å². The molecule has 1 aliphatic heterocycles. The number of esters is 1. The number of ether oxygens (including phenoxy) is 3. The highest BCUT2D eigenvalue weighted by Gasteiger charge is 2.48. The molecule has 1 heterocycles. The Morgan fingerprint density at radius 3 is 2.29 bits per heavy atom. The third-order valence-corrected chi connectivity index (χ3v) is 4.58. The molecule has 7 nitrogen and oxygen atoms in total. The molecule has 3 N–H and O–H groups in total. The number of rotatable bonds is 3. The summed E-state index contributed by atoms with van der Waals surface area (Å²) in [6.45, 7) is 0. The van der Waals surface area contributed by atoms with Crippen LogP contribution in [0.2, 0.25) is 0 Å². The van der Waals surface area contributed by atoms with Crippen LogP contribution in [0.3, 0.4) is 0 Å². The predicted octanol–water partition coefficient (Wildman–Crippen LogP) is 0.552. The molecule has 9 heteroatoms. The van der Waals surface area contributed by atoms with Crippen molar-refractivity contribution < 1.29 is 34.3 Å². The van der Waals surface area contributed by atoms with Gasteiger partial charge >= 0.3 is 5.97 Å². The number of aliphatic hydroxyl groups excluding tert-OH is 3. The van der Waals surface area contributed by atoms with E-state index in [4.69, 9.17) is 15.9 Å². The van der Waals surface area contributed by atoms with Crippen molar-refractivity contribution in [2.24, 2.45) is 0 Å². The monoisotopic (exact) mass is 464 g/mol. The molecule has 0 aromatic heterocycles. The van der Waals surface area contributed by atoms with Crippen LogP contribution in [0.4, 0.5) is 0 Å². The normalized spacial score (nSPS) is 29.6. The van der Waals surface area contributed by atoms with E-state index in [2.05, 4.69) is 42.5 Å². The van der Waals surface area contributed by atoms with E-state index in [-0.39, 0.29) is 5.75 Å². The zero-order chi connectivity index (χ0) is 18.0. The average molecular weight is 466 g/mol. The van der Waals surface area contributed by atoms with Crippen LogP contribution in [0.1, 0.15) is 5.56 Å². The van der Waals surface area contributed by atoms with Gasteiger partial charge in [0, 0.05) is 5.56 Å². The van der Waals surface area contributed by atoms with E-state index < -0.39 is 36.7 Å². The molecule has 5 atom stereocenters. The van der Waals surface area contributed by atoms with Gasteiger partial charge in [0.2, 0.25) is 6.29 Å². The van der Waals surface area contributed by atoms with Crippen LogP contribution >= 0.6 is 31.9 Å². The summed E-state index contributed by atoms with van der Waals surface area (Å²) >= 11 is 6.56. The molecular weight excluding hydrogens is 452 g/mol. The summed E-state index contributed by atoms with van der Waals surface area (Å²) in [4.78, 5) is 11.6. The number of carbonyl (C=O) groups excluding carboxylic acids is 1. The van der Waals surface area contributed by atoms with Crippen molar-refractivity contribution in [2.75, 3.05) is 7.11 Å². The fourth-order valence-electron chi connectivity index (χ4n) is 2.13. The lowest BCUT2D eigenvalue weighted by atomic mass is 9.99. The maximum absolute atomic E-state index is 11.6. The van der Waals surface area contributed by atoms with Gasteiger partial charge in [0.25, 0.3) is 0 Å². The van der Waals surface area contributed by atoms with Crippen LogP contribution < -0.4 is 4.74 Å². The lowest BCUT2D eigenvalue weighted by Crippen LogP contribution is -2.61. The van der Waals surface area contributed by atoms with Gasteiger partial charge < -0.3 is 29.5 Å². The van der Waals surface area contributed by atoms with Gasteiger partial charge in [-0.05, 0) is 44.0 Å². The zero-order valence-corrected chi connectivity index (χ0v) is 15.5. The fourth-order valence-corrected chi connectivity index (χ4v) is 3.50. The van der Waals surface area contributed by atoms with Crippen LogP contribution in [0.15, 0.2) is 21.1 Å². The van der Waals surface area contributed by atoms with E-state index in [9.17, 15) is 20.1 Å². The molecule has 0 bridgehead atoms.